The van der Waals surface area contributed by atoms with Crippen molar-refractivity contribution in [2.24, 2.45) is 5.41 Å². The fourth-order valence-corrected chi connectivity index (χ4v) is 7.17. The van der Waals surface area contributed by atoms with Gasteiger partial charge in [0.25, 0.3) is 0 Å². The molecule has 37 heavy (non-hydrogen) atoms. The van der Waals surface area contributed by atoms with Crippen molar-refractivity contribution in [3.63, 3.8) is 0 Å². The van der Waals surface area contributed by atoms with E-state index < -0.39 is 5.97 Å². The second-order valence-electron chi connectivity index (χ2n) is 11.3. The zero-order valence-corrected chi connectivity index (χ0v) is 21.4. The highest BCUT2D eigenvalue weighted by Gasteiger charge is 2.41. The number of piperidine rings is 1. The molecule has 0 saturated carbocycles. The molecular weight excluding hydrogens is 460 g/mol. The van der Waals surface area contributed by atoms with Crippen LogP contribution in [0.2, 0.25) is 0 Å². The maximum atomic E-state index is 11.1. The van der Waals surface area contributed by atoms with E-state index in [-0.39, 0.29) is 17.9 Å². The summed E-state index contributed by atoms with van der Waals surface area (Å²) in [6.07, 6.45) is 5.42. The lowest BCUT2D eigenvalue weighted by Crippen LogP contribution is -2.42. The standard InChI is InChI=1S/C32H36N2O3/c35-27-11-13-29-25(20-27)8-12-28(23-4-2-1-3-5-23)31(29)24-6-9-26(10-7-24)34-18-15-32(16-19-34)14-17-33(22-32)21-30(36)37/h1-7,9-11,13,20,28,31,35H,8,12,14-19,21-22H2,(H,36,37)/t28-,31+/m1/s1. The van der Waals surface area contributed by atoms with Crippen molar-refractivity contribution in [2.75, 3.05) is 37.6 Å². The molecule has 3 aromatic rings. The van der Waals surface area contributed by atoms with Crippen molar-refractivity contribution in [3.8, 4) is 5.75 Å². The molecule has 3 aromatic carbocycles. The molecule has 2 saturated heterocycles. The quantitative estimate of drug-likeness (QED) is 0.479. The molecule has 2 atom stereocenters. The first kappa shape index (κ1) is 24.1. The number of phenolic OH excluding ortho intramolecular Hbond substituents is 1. The van der Waals surface area contributed by atoms with Crippen molar-refractivity contribution in [1.82, 2.24) is 4.90 Å². The van der Waals surface area contributed by atoms with Crippen LogP contribution in [-0.4, -0.2) is 53.8 Å². The maximum Gasteiger partial charge on any atom is 0.317 e. The van der Waals surface area contributed by atoms with Gasteiger partial charge in [0, 0.05) is 31.2 Å². The Kier molecular flexibility index (Phi) is 6.41. The van der Waals surface area contributed by atoms with Gasteiger partial charge in [0.1, 0.15) is 5.75 Å². The minimum absolute atomic E-state index is 0.167. The van der Waals surface area contributed by atoms with Gasteiger partial charge in [-0.1, -0.05) is 48.5 Å². The number of carbonyl (C=O) groups is 1. The molecule has 2 heterocycles. The SMILES string of the molecule is O=C(O)CN1CCC2(CCN(c3ccc([C@@H]4c5ccc(O)cc5CC[C@@H]4c4ccccc4)cc3)CC2)C1. The number of hydrogen-bond acceptors (Lipinski definition) is 4. The second-order valence-corrected chi connectivity index (χ2v) is 11.3. The highest BCUT2D eigenvalue weighted by molar-refractivity contribution is 5.69. The van der Waals surface area contributed by atoms with E-state index in [1.54, 1.807) is 0 Å². The smallest absolute Gasteiger partial charge is 0.317 e. The van der Waals surface area contributed by atoms with Gasteiger partial charge in [0.05, 0.1) is 6.54 Å². The van der Waals surface area contributed by atoms with Crippen molar-refractivity contribution in [3.05, 3.63) is 95.1 Å². The Bertz CT molecular complexity index is 1250. The molecule has 2 aliphatic heterocycles. The second kappa shape index (κ2) is 9.86. The van der Waals surface area contributed by atoms with Gasteiger partial charge in [-0.25, -0.2) is 0 Å². The molecule has 0 aromatic heterocycles. The number of likely N-dealkylation sites (tertiary alicyclic amines) is 1. The Morgan fingerprint density at radius 1 is 0.892 bits per heavy atom. The lowest BCUT2D eigenvalue weighted by atomic mass is 9.69. The van der Waals surface area contributed by atoms with E-state index in [0.717, 1.165) is 58.3 Å². The van der Waals surface area contributed by atoms with Crippen LogP contribution in [0.1, 0.15) is 59.8 Å². The van der Waals surface area contributed by atoms with Gasteiger partial charge in [-0.3, -0.25) is 9.69 Å². The minimum Gasteiger partial charge on any atom is -0.508 e. The van der Waals surface area contributed by atoms with Crippen LogP contribution in [-0.2, 0) is 11.2 Å². The maximum absolute atomic E-state index is 11.1. The first-order chi connectivity index (χ1) is 18.0. The Hall–Kier alpha value is -3.31. The van der Waals surface area contributed by atoms with Gasteiger partial charge in [-0.15, -0.1) is 0 Å². The Morgan fingerprint density at radius 3 is 2.35 bits per heavy atom. The number of anilines is 1. The van der Waals surface area contributed by atoms with Crippen LogP contribution in [0.25, 0.3) is 0 Å². The molecule has 0 radical (unpaired) electrons. The lowest BCUT2D eigenvalue weighted by molar-refractivity contribution is -0.138. The minimum atomic E-state index is -0.721. The van der Waals surface area contributed by atoms with Crippen LogP contribution in [0.3, 0.4) is 0 Å². The van der Waals surface area contributed by atoms with Crippen LogP contribution < -0.4 is 4.90 Å². The molecule has 5 heteroatoms. The van der Waals surface area contributed by atoms with Crippen molar-refractivity contribution in [2.45, 2.75) is 43.9 Å². The summed E-state index contributed by atoms with van der Waals surface area (Å²) in [6, 6.07) is 26.0. The predicted molar refractivity (Wildman–Crippen MR) is 146 cm³/mol. The Labute approximate surface area is 219 Å². The van der Waals surface area contributed by atoms with Gasteiger partial charge >= 0.3 is 5.97 Å². The summed E-state index contributed by atoms with van der Waals surface area (Å²) in [5.41, 5.74) is 6.86. The molecule has 0 bridgehead atoms. The number of nitrogens with zero attached hydrogens (tertiary/aromatic N) is 2. The molecule has 6 rings (SSSR count). The fraction of sp³-hybridized carbons (Fsp3) is 0.406. The first-order valence-electron chi connectivity index (χ1n) is 13.7. The molecule has 1 aliphatic carbocycles. The van der Waals surface area contributed by atoms with E-state index in [4.69, 9.17) is 5.11 Å². The molecule has 0 amide bonds. The number of hydrogen-bond donors (Lipinski definition) is 2. The number of aryl methyl sites for hydroxylation is 1. The van der Waals surface area contributed by atoms with Crippen molar-refractivity contribution < 1.29 is 15.0 Å². The van der Waals surface area contributed by atoms with Crippen LogP contribution in [0.15, 0.2) is 72.8 Å². The number of aromatic hydroxyl groups is 1. The third-order valence-electron chi connectivity index (χ3n) is 9.13. The summed E-state index contributed by atoms with van der Waals surface area (Å²) >= 11 is 0. The molecule has 5 nitrogen and oxygen atoms in total. The van der Waals surface area contributed by atoms with Crippen molar-refractivity contribution in [1.29, 1.82) is 0 Å². The molecule has 1 spiro atoms. The van der Waals surface area contributed by atoms with Crippen LogP contribution >= 0.6 is 0 Å². The summed E-state index contributed by atoms with van der Waals surface area (Å²) in [6.45, 7) is 4.05. The topological polar surface area (TPSA) is 64.0 Å². The summed E-state index contributed by atoms with van der Waals surface area (Å²) < 4.78 is 0. The summed E-state index contributed by atoms with van der Waals surface area (Å²) in [5.74, 6) is 0.308. The zero-order chi connectivity index (χ0) is 25.4. The molecular formula is C32H36N2O3. The highest BCUT2D eigenvalue weighted by atomic mass is 16.4. The molecule has 3 aliphatic rings. The predicted octanol–water partition coefficient (Wildman–Crippen LogP) is 5.63. The number of carboxylic acids is 1. The number of carboxylic acid groups (broad SMARTS) is 1. The average molecular weight is 497 g/mol. The molecule has 2 N–H and O–H groups in total. The number of phenols is 1. The monoisotopic (exact) mass is 496 g/mol. The largest absolute Gasteiger partial charge is 0.508 e. The third kappa shape index (κ3) is 4.85. The Morgan fingerprint density at radius 2 is 1.62 bits per heavy atom. The van der Waals surface area contributed by atoms with E-state index in [2.05, 4.69) is 70.5 Å². The van der Waals surface area contributed by atoms with Crippen LogP contribution in [0.5, 0.6) is 5.75 Å². The third-order valence-corrected chi connectivity index (χ3v) is 9.13. The average Bonchev–Trinajstić information content (AvgIpc) is 3.30. The van der Waals surface area contributed by atoms with Gasteiger partial charge in [0.2, 0.25) is 0 Å². The van der Waals surface area contributed by atoms with E-state index in [0.29, 0.717) is 11.7 Å². The summed E-state index contributed by atoms with van der Waals surface area (Å²) in [5, 5.41) is 19.3. The van der Waals surface area contributed by atoms with Crippen LogP contribution in [0.4, 0.5) is 5.69 Å². The number of fused-ring (bicyclic) bond motifs is 1. The number of rotatable bonds is 5. The fourth-order valence-electron chi connectivity index (χ4n) is 7.17. The van der Waals surface area contributed by atoms with E-state index >= 15 is 0 Å². The Balaban J connectivity index is 1.21. The zero-order valence-electron chi connectivity index (χ0n) is 21.4. The molecule has 0 unspecified atom stereocenters. The number of benzene rings is 3. The first-order valence-corrected chi connectivity index (χ1v) is 13.7. The van der Waals surface area contributed by atoms with Crippen LogP contribution in [0, 0.1) is 5.41 Å². The lowest BCUT2D eigenvalue weighted by Gasteiger charge is -2.40. The molecule has 192 valence electrons. The molecule has 2 fully saturated rings. The number of aliphatic carboxylic acids is 1. The van der Waals surface area contributed by atoms with Gasteiger partial charge in [0.15, 0.2) is 0 Å². The van der Waals surface area contributed by atoms with E-state index in [1.807, 2.05) is 12.1 Å². The highest BCUT2D eigenvalue weighted by Crippen LogP contribution is 2.47. The van der Waals surface area contributed by atoms with Gasteiger partial charge in [-0.2, -0.15) is 0 Å². The van der Waals surface area contributed by atoms with Gasteiger partial charge < -0.3 is 15.1 Å². The summed E-state index contributed by atoms with van der Waals surface area (Å²) in [4.78, 5) is 15.7. The van der Waals surface area contributed by atoms with E-state index in [9.17, 15) is 9.90 Å². The normalized spacial score (nSPS) is 23.2. The summed E-state index contributed by atoms with van der Waals surface area (Å²) in [7, 11) is 0. The van der Waals surface area contributed by atoms with Gasteiger partial charge in [-0.05, 0) is 96.5 Å². The van der Waals surface area contributed by atoms with E-state index in [1.165, 1.54) is 27.9 Å². The van der Waals surface area contributed by atoms with Crippen molar-refractivity contribution >= 4 is 11.7 Å².